The number of hydrogen-bond donors (Lipinski definition) is 3. The van der Waals surface area contributed by atoms with Crippen LogP contribution >= 0.6 is 45.3 Å². The molecule has 4 N–H and O–H groups in total. The number of nitrogens with zero attached hydrogens (tertiary/aromatic N) is 6. The Labute approximate surface area is 571 Å². The Balaban J connectivity index is 0.000000167. The van der Waals surface area contributed by atoms with Gasteiger partial charge in [-0.3, -0.25) is 19.2 Å². The number of carboxylic acids is 1. The molecule has 12 heterocycles. The Morgan fingerprint density at radius 1 is 0.553 bits per heavy atom. The number of fused-ring (bicyclic) bond motifs is 8. The number of pyridine rings is 2. The number of esters is 1. The number of amides is 4. The van der Waals surface area contributed by atoms with Crippen molar-refractivity contribution in [2.45, 2.75) is 84.0 Å². The molecule has 0 bridgehead atoms. The number of anilines is 6. The van der Waals surface area contributed by atoms with Crippen LogP contribution in [0.15, 0.2) is 95.7 Å². The predicted octanol–water partition coefficient (Wildman–Crippen LogP) is 9.57. The summed E-state index contributed by atoms with van der Waals surface area (Å²) >= 11 is 5.77. The number of carbonyl (C=O) groups is 6. The summed E-state index contributed by atoms with van der Waals surface area (Å²) in [6, 6.07) is 25.8. The molecule has 4 amide bonds. The van der Waals surface area contributed by atoms with E-state index < -0.39 is 5.97 Å². The third-order valence-electron chi connectivity index (χ3n) is 19.4. The van der Waals surface area contributed by atoms with Crippen molar-refractivity contribution in [3.05, 3.63) is 161 Å². The molecule has 94 heavy (non-hydrogen) atoms. The summed E-state index contributed by atoms with van der Waals surface area (Å²) in [4.78, 5) is 102. The zero-order chi connectivity index (χ0) is 62.8. The van der Waals surface area contributed by atoms with Crippen LogP contribution in [-0.2, 0) is 52.7 Å². The van der Waals surface area contributed by atoms with Crippen molar-refractivity contribution in [1.29, 1.82) is 0 Å². The maximum atomic E-state index is 13.8. The first-order chi connectivity index (χ1) is 44.8. The summed E-state index contributed by atoms with van der Waals surface area (Å²) in [6.07, 6.45) is 11.3. The minimum absolute atomic E-state index is 0. The van der Waals surface area contributed by atoms with Gasteiger partial charge in [-0.25, -0.2) is 19.6 Å². The van der Waals surface area contributed by atoms with Gasteiger partial charge in [0, 0.05) is 110 Å². The van der Waals surface area contributed by atoms with Crippen LogP contribution in [0.2, 0.25) is 0 Å². The minimum atomic E-state index is -0.932. The second-order valence-corrected chi connectivity index (χ2v) is 29.2. The fraction of sp³-hybridized carbons (Fsp3) is 0.371. The van der Waals surface area contributed by atoms with E-state index in [1.807, 2.05) is 46.0 Å². The summed E-state index contributed by atoms with van der Waals surface area (Å²) in [5.41, 5.74) is 12.2. The van der Waals surface area contributed by atoms with Gasteiger partial charge in [0.25, 0.3) is 23.6 Å². The number of aromatic nitrogens is 2. The van der Waals surface area contributed by atoms with Crippen LogP contribution in [0, 0.1) is 10.8 Å². The molecular weight excluding hydrogens is 1260 g/mol. The number of ether oxygens (including phenoxy) is 3. The molecule has 0 atom stereocenters. The van der Waals surface area contributed by atoms with Crippen LogP contribution in [0.1, 0.15) is 140 Å². The van der Waals surface area contributed by atoms with Crippen molar-refractivity contribution in [2.75, 3.05) is 103 Å². The summed E-state index contributed by atoms with van der Waals surface area (Å²) in [5, 5.41) is 19.5. The third-order valence-corrected chi connectivity index (χ3v) is 23.9. The second kappa shape index (κ2) is 26.9. The molecule has 8 aromatic rings. The molecule has 8 aliphatic rings. The predicted molar refractivity (Wildman–Crippen MR) is 362 cm³/mol. The Hall–Kier alpha value is -7.56. The standard InChI is InChI=1S/C36H36N4O5S2.C34H32N4O5S2.Li.H2O/c1-2-45-35(43)29-19-24-10-14-40(28-11-17-46-31(28)30(24)47-29)34(42)22-6-8-25(9-7-22)37-33(41)26-18-23-4-3-5-27(23)38-32(26)39-20-36(21-39)12-15-44-16-13-36;39-31(24-16-21-2-1-3-25(21)36-30(24)37-18-34(19-37)10-13-43-14-11-34)35-23-6-4-20(5-7-23)32(40)38-12-8-22-17-27(33(41)42)45-28(22)29-26(38)9-15-44-29;;/h6-9,11,17-19H,2-5,10,12-16,20-21H2,1H3,(H,37,41);4-7,9,15-17H,1-3,8,10-14,18-19H2,(H,35,39)(H,41,42);;1H2/q;;+1;/p-1. The summed E-state index contributed by atoms with van der Waals surface area (Å²) in [6.45, 7) is 9.88. The van der Waals surface area contributed by atoms with Crippen LogP contribution in [0.25, 0.3) is 19.5 Å². The van der Waals surface area contributed by atoms with Crippen LogP contribution in [0.3, 0.4) is 0 Å². The molecule has 16 rings (SSSR count). The average Bonchev–Trinajstić information content (AvgIpc) is 0.933. The van der Waals surface area contributed by atoms with Gasteiger partial charge in [0.1, 0.15) is 21.4 Å². The molecule has 0 saturated carbocycles. The first-order valence-corrected chi connectivity index (χ1v) is 35.2. The minimum Gasteiger partial charge on any atom is -0.870 e. The van der Waals surface area contributed by atoms with E-state index in [-0.39, 0.29) is 64.8 Å². The van der Waals surface area contributed by atoms with Gasteiger partial charge in [-0.05, 0) is 202 Å². The normalized spacial score (nSPS) is 17.5. The molecule has 480 valence electrons. The van der Waals surface area contributed by atoms with Crippen molar-refractivity contribution >= 4 is 115 Å². The van der Waals surface area contributed by atoms with Crippen LogP contribution < -0.4 is 49.1 Å². The fourth-order valence-electron chi connectivity index (χ4n) is 14.4. The van der Waals surface area contributed by atoms with Gasteiger partial charge in [-0.15, -0.1) is 45.3 Å². The topological polar surface area (TPSA) is 243 Å². The maximum absolute atomic E-state index is 13.8. The Kier molecular flexibility index (Phi) is 18.6. The summed E-state index contributed by atoms with van der Waals surface area (Å²) < 4.78 is 16.4. The van der Waals surface area contributed by atoms with Gasteiger partial charge in [0.15, 0.2) is 0 Å². The van der Waals surface area contributed by atoms with Crippen molar-refractivity contribution < 1.29 is 72.4 Å². The fourth-order valence-corrected chi connectivity index (χ4v) is 18.8. The van der Waals surface area contributed by atoms with E-state index in [0.717, 1.165) is 193 Å². The summed E-state index contributed by atoms with van der Waals surface area (Å²) in [7, 11) is 0. The molecule has 6 aliphatic heterocycles. The average molecular weight is 1330 g/mol. The molecule has 2 aromatic carbocycles. The number of aromatic carboxylic acids is 1. The number of aryl methyl sites for hydroxylation is 4. The number of carbonyl (C=O) groups excluding carboxylic acids is 5. The molecule has 0 unspecified atom stereocenters. The van der Waals surface area contributed by atoms with E-state index in [1.54, 1.807) is 77.8 Å². The zero-order valence-corrected chi connectivity index (χ0v) is 55.7. The van der Waals surface area contributed by atoms with Gasteiger partial charge >= 0.3 is 30.8 Å². The second-order valence-electron chi connectivity index (χ2n) is 25.3. The van der Waals surface area contributed by atoms with Gasteiger partial charge in [0.2, 0.25) is 0 Å². The molecule has 2 spiro atoms. The number of carboxylic acid groups (broad SMARTS) is 1. The van der Waals surface area contributed by atoms with Crippen molar-refractivity contribution in [3.8, 4) is 19.5 Å². The maximum Gasteiger partial charge on any atom is 1.00 e. The van der Waals surface area contributed by atoms with Crippen LogP contribution in [-0.4, -0.2) is 128 Å². The number of nitrogens with one attached hydrogen (secondary N) is 2. The van der Waals surface area contributed by atoms with Crippen LogP contribution in [0.5, 0.6) is 0 Å². The van der Waals surface area contributed by atoms with Crippen molar-refractivity contribution in [2.24, 2.45) is 10.8 Å². The summed E-state index contributed by atoms with van der Waals surface area (Å²) in [5.74, 6) is -0.300. The van der Waals surface area contributed by atoms with E-state index >= 15 is 0 Å². The van der Waals surface area contributed by atoms with Gasteiger partial charge < -0.3 is 55.0 Å². The SMILES string of the molecule is CCOC(=O)c1cc2c(s1)-c1sccc1N(C(=O)c1ccc(NC(=O)c3cc4c(nc3N3CC5(CCOCC5)C3)CCC4)cc1)CC2.O=C(O)c1cc2c(s1)-c1sccc1N(C(=O)c1ccc(NC(=O)c3cc4c(nc3N3CC5(CCOCC5)C3)CCC4)cc1)CC2.[Li+].[OH-]. The van der Waals surface area contributed by atoms with E-state index in [1.165, 1.54) is 34.0 Å². The van der Waals surface area contributed by atoms with E-state index in [2.05, 4.69) is 20.4 Å². The van der Waals surface area contributed by atoms with E-state index in [0.29, 0.717) is 75.9 Å². The quantitative estimate of drug-likeness (QED) is 0.0806. The molecule has 2 aliphatic carbocycles. The molecular formula is C70H69LiN8O11S4. The number of benzene rings is 2. The number of rotatable bonds is 11. The number of hydrogen-bond acceptors (Lipinski definition) is 18. The van der Waals surface area contributed by atoms with Crippen LogP contribution in [0.4, 0.5) is 34.4 Å². The third kappa shape index (κ3) is 12.4. The van der Waals surface area contributed by atoms with E-state index in [4.69, 9.17) is 24.2 Å². The monoisotopic (exact) mass is 1330 g/mol. The van der Waals surface area contributed by atoms with Gasteiger partial charge in [0.05, 0.1) is 48.6 Å². The largest absolute Gasteiger partial charge is 1.00 e. The molecule has 24 heteroatoms. The molecule has 6 aromatic heterocycles. The molecule has 0 radical (unpaired) electrons. The zero-order valence-electron chi connectivity index (χ0n) is 52.4. The molecule has 19 nitrogen and oxygen atoms in total. The Bertz CT molecular complexity index is 4250. The first kappa shape index (κ1) is 65.1. The molecule has 4 saturated heterocycles. The first-order valence-electron chi connectivity index (χ1n) is 31.8. The molecule has 4 fully saturated rings. The van der Waals surface area contributed by atoms with Crippen molar-refractivity contribution in [3.63, 3.8) is 0 Å². The van der Waals surface area contributed by atoms with Gasteiger partial charge in [-0.2, -0.15) is 0 Å². The smallest absolute Gasteiger partial charge is 0.870 e. The number of thiophene rings is 4. The Morgan fingerprint density at radius 3 is 1.40 bits per heavy atom. The van der Waals surface area contributed by atoms with Crippen molar-refractivity contribution in [1.82, 2.24) is 9.97 Å². The van der Waals surface area contributed by atoms with E-state index in [9.17, 15) is 33.9 Å². The Morgan fingerprint density at radius 2 is 0.979 bits per heavy atom. The van der Waals surface area contributed by atoms with Gasteiger partial charge in [-0.1, -0.05) is 0 Å².